The van der Waals surface area contributed by atoms with Crippen molar-refractivity contribution < 1.29 is 17.2 Å². The van der Waals surface area contributed by atoms with Crippen LogP contribution in [0.1, 0.15) is 45.7 Å². The SMILES string of the molecule is CCC(c1ccc(F)cc1F)N1CCN(C(=NC)NCCS(=O)(=O)C(C)(C)C)CC1.I. The lowest BCUT2D eigenvalue weighted by Gasteiger charge is -2.40. The maximum Gasteiger partial charge on any atom is 0.193 e. The van der Waals surface area contributed by atoms with E-state index in [-0.39, 0.29) is 35.8 Å². The molecule has 1 unspecified atom stereocenters. The van der Waals surface area contributed by atoms with E-state index < -0.39 is 26.2 Å². The van der Waals surface area contributed by atoms with E-state index in [9.17, 15) is 17.2 Å². The number of nitrogens with zero attached hydrogens (tertiary/aromatic N) is 3. The maximum absolute atomic E-state index is 14.3. The smallest absolute Gasteiger partial charge is 0.193 e. The molecule has 31 heavy (non-hydrogen) atoms. The van der Waals surface area contributed by atoms with Crippen LogP contribution in [0.2, 0.25) is 0 Å². The highest BCUT2D eigenvalue weighted by atomic mass is 127. The van der Waals surface area contributed by atoms with Crippen molar-refractivity contribution in [2.45, 2.75) is 44.9 Å². The third-order valence-corrected chi connectivity index (χ3v) is 8.17. The number of guanidine groups is 1. The minimum atomic E-state index is -3.20. The van der Waals surface area contributed by atoms with Gasteiger partial charge in [0.15, 0.2) is 15.8 Å². The van der Waals surface area contributed by atoms with E-state index in [4.69, 9.17) is 0 Å². The summed E-state index contributed by atoms with van der Waals surface area (Å²) in [5, 5.41) is 3.15. The fourth-order valence-corrected chi connectivity index (χ4v) is 4.61. The second kappa shape index (κ2) is 11.7. The van der Waals surface area contributed by atoms with Crippen LogP contribution in [0.5, 0.6) is 0 Å². The molecule has 1 aromatic carbocycles. The van der Waals surface area contributed by atoms with Crippen LogP contribution in [-0.2, 0) is 9.84 Å². The molecule has 0 aromatic heterocycles. The molecule has 2 rings (SSSR count). The highest BCUT2D eigenvalue weighted by Gasteiger charge is 2.29. The van der Waals surface area contributed by atoms with Crippen molar-refractivity contribution >= 4 is 39.8 Å². The summed E-state index contributed by atoms with van der Waals surface area (Å²) >= 11 is 0. The van der Waals surface area contributed by atoms with Crippen molar-refractivity contribution in [2.75, 3.05) is 45.5 Å². The molecule has 0 radical (unpaired) electrons. The van der Waals surface area contributed by atoms with Gasteiger partial charge in [0.25, 0.3) is 0 Å². The molecule has 0 saturated carbocycles. The van der Waals surface area contributed by atoms with Gasteiger partial charge in [0.1, 0.15) is 11.6 Å². The number of hydrogen-bond acceptors (Lipinski definition) is 4. The number of halogens is 3. The molecule has 178 valence electrons. The summed E-state index contributed by atoms with van der Waals surface area (Å²) < 4.78 is 51.3. The molecule has 1 atom stereocenters. The first kappa shape index (κ1) is 28.0. The Morgan fingerprint density at radius 3 is 2.29 bits per heavy atom. The molecule has 0 bridgehead atoms. The largest absolute Gasteiger partial charge is 0.355 e. The number of nitrogens with one attached hydrogen (secondary N) is 1. The van der Waals surface area contributed by atoms with Crippen molar-refractivity contribution in [3.05, 3.63) is 35.4 Å². The van der Waals surface area contributed by atoms with Crippen molar-refractivity contribution in [1.29, 1.82) is 0 Å². The second-order valence-electron chi connectivity index (χ2n) is 8.52. The zero-order valence-electron chi connectivity index (χ0n) is 19.0. The maximum atomic E-state index is 14.3. The van der Waals surface area contributed by atoms with Crippen molar-refractivity contribution in [3.8, 4) is 0 Å². The zero-order chi connectivity index (χ0) is 22.5. The third-order valence-electron chi connectivity index (χ3n) is 5.56. The average Bonchev–Trinajstić information content (AvgIpc) is 2.67. The van der Waals surface area contributed by atoms with Gasteiger partial charge in [-0.2, -0.15) is 0 Å². The lowest BCUT2D eigenvalue weighted by atomic mass is 10.0. The summed E-state index contributed by atoms with van der Waals surface area (Å²) in [5.74, 6) is -0.377. The molecule has 1 aliphatic heterocycles. The Labute approximate surface area is 202 Å². The molecule has 1 aromatic rings. The Bertz CT molecular complexity index is 851. The third kappa shape index (κ3) is 7.24. The van der Waals surface area contributed by atoms with Crippen LogP contribution >= 0.6 is 24.0 Å². The van der Waals surface area contributed by atoms with Crippen LogP contribution in [0.15, 0.2) is 23.2 Å². The van der Waals surface area contributed by atoms with E-state index in [2.05, 4.69) is 20.1 Å². The minimum Gasteiger partial charge on any atom is -0.355 e. The summed E-state index contributed by atoms with van der Waals surface area (Å²) in [6, 6.07) is 3.65. The molecule has 0 spiro atoms. The van der Waals surface area contributed by atoms with Crippen LogP contribution in [-0.4, -0.2) is 74.4 Å². The Morgan fingerprint density at radius 1 is 1.19 bits per heavy atom. The van der Waals surface area contributed by atoms with Gasteiger partial charge in [-0.15, -0.1) is 24.0 Å². The molecular weight excluding hydrogens is 537 g/mol. The fraction of sp³-hybridized carbons (Fsp3) is 0.667. The predicted molar refractivity (Wildman–Crippen MR) is 133 cm³/mol. The van der Waals surface area contributed by atoms with E-state index >= 15 is 0 Å². The van der Waals surface area contributed by atoms with Gasteiger partial charge >= 0.3 is 0 Å². The van der Waals surface area contributed by atoms with Gasteiger partial charge in [-0.25, -0.2) is 17.2 Å². The average molecular weight is 573 g/mol. The molecule has 1 saturated heterocycles. The number of hydrogen-bond donors (Lipinski definition) is 1. The van der Waals surface area contributed by atoms with Gasteiger partial charge < -0.3 is 10.2 Å². The van der Waals surface area contributed by atoms with Crippen molar-refractivity contribution in [1.82, 2.24) is 15.1 Å². The first-order valence-corrected chi connectivity index (χ1v) is 12.0. The first-order chi connectivity index (χ1) is 14.0. The molecule has 0 aliphatic carbocycles. The Hall–Kier alpha value is -1.01. The lowest BCUT2D eigenvalue weighted by molar-refractivity contribution is 0.125. The van der Waals surface area contributed by atoms with E-state index in [0.29, 0.717) is 44.2 Å². The van der Waals surface area contributed by atoms with Gasteiger partial charge in [0.05, 0.1) is 10.5 Å². The number of aliphatic imine (C=N–C) groups is 1. The molecule has 6 nitrogen and oxygen atoms in total. The minimum absolute atomic E-state index is 0. The molecule has 1 aliphatic rings. The van der Waals surface area contributed by atoms with Crippen LogP contribution in [0.3, 0.4) is 0 Å². The summed E-state index contributed by atoms with van der Waals surface area (Å²) in [7, 11) is -1.52. The molecule has 1 N–H and O–H groups in total. The molecular formula is C21H35F2IN4O2S. The van der Waals surface area contributed by atoms with Gasteiger partial charge in [-0.3, -0.25) is 9.89 Å². The van der Waals surface area contributed by atoms with Gasteiger partial charge in [0.2, 0.25) is 0 Å². The van der Waals surface area contributed by atoms with Crippen LogP contribution in [0.4, 0.5) is 8.78 Å². The monoisotopic (exact) mass is 572 g/mol. The van der Waals surface area contributed by atoms with Gasteiger partial charge in [-0.1, -0.05) is 13.0 Å². The molecule has 1 fully saturated rings. The van der Waals surface area contributed by atoms with Crippen LogP contribution in [0, 0.1) is 11.6 Å². The Morgan fingerprint density at radius 2 is 1.81 bits per heavy atom. The standard InChI is InChI=1S/C21H34F2N4O2S.HI/c1-6-19(17-8-7-16(22)15-18(17)23)26-10-12-27(13-11-26)20(24-5)25-9-14-30(28,29)21(2,3)4;/h7-8,15,19H,6,9-14H2,1-5H3,(H,24,25);1H. The van der Waals surface area contributed by atoms with E-state index in [1.807, 2.05) is 6.92 Å². The summed E-state index contributed by atoms with van der Waals surface area (Å²) in [6.45, 7) is 10.2. The van der Waals surface area contributed by atoms with Gasteiger partial charge in [0, 0.05) is 57.4 Å². The normalized spacial score (nSPS) is 17.3. The highest BCUT2D eigenvalue weighted by Crippen LogP contribution is 2.28. The molecule has 0 amide bonds. The number of rotatable bonds is 6. The summed E-state index contributed by atoms with van der Waals surface area (Å²) in [4.78, 5) is 8.56. The molecule has 1 heterocycles. The van der Waals surface area contributed by atoms with E-state index in [1.165, 1.54) is 12.1 Å². The number of benzene rings is 1. The quantitative estimate of drug-likeness (QED) is 0.322. The lowest BCUT2D eigenvalue weighted by Crippen LogP contribution is -2.53. The van der Waals surface area contributed by atoms with Crippen molar-refractivity contribution in [2.24, 2.45) is 4.99 Å². The number of piperazine rings is 1. The van der Waals surface area contributed by atoms with E-state index in [1.54, 1.807) is 27.8 Å². The van der Waals surface area contributed by atoms with Crippen LogP contribution in [0.25, 0.3) is 0 Å². The Balaban J connectivity index is 0.00000480. The second-order valence-corrected chi connectivity index (χ2v) is 11.4. The fourth-order valence-electron chi connectivity index (χ4n) is 3.63. The van der Waals surface area contributed by atoms with E-state index in [0.717, 1.165) is 12.5 Å². The predicted octanol–water partition coefficient (Wildman–Crippen LogP) is 3.44. The van der Waals surface area contributed by atoms with Crippen molar-refractivity contribution in [3.63, 3.8) is 0 Å². The molecule has 10 heteroatoms. The Kier molecular flexibility index (Phi) is 10.6. The number of sulfone groups is 1. The van der Waals surface area contributed by atoms with Crippen LogP contribution < -0.4 is 5.32 Å². The summed E-state index contributed by atoms with van der Waals surface area (Å²) in [6.07, 6.45) is 0.722. The topological polar surface area (TPSA) is 65.0 Å². The highest BCUT2D eigenvalue weighted by molar-refractivity contribution is 14.0. The zero-order valence-corrected chi connectivity index (χ0v) is 22.1. The summed E-state index contributed by atoms with van der Waals surface area (Å²) in [5.41, 5.74) is 0.516. The first-order valence-electron chi connectivity index (χ1n) is 10.4. The van der Waals surface area contributed by atoms with Gasteiger partial charge in [-0.05, 0) is 33.3 Å².